The van der Waals surface area contributed by atoms with Crippen molar-refractivity contribution in [3.05, 3.63) is 56.7 Å². The summed E-state index contributed by atoms with van der Waals surface area (Å²) in [6.45, 7) is 4.02. The van der Waals surface area contributed by atoms with Crippen LogP contribution in [0, 0.1) is 13.8 Å². The van der Waals surface area contributed by atoms with Crippen LogP contribution in [-0.2, 0) is 0 Å². The van der Waals surface area contributed by atoms with Gasteiger partial charge in [0.25, 0.3) is 0 Å². The van der Waals surface area contributed by atoms with E-state index in [1.807, 2.05) is 19.9 Å². The van der Waals surface area contributed by atoms with E-state index in [1.54, 1.807) is 18.2 Å². The summed E-state index contributed by atoms with van der Waals surface area (Å²) in [7, 11) is 0. The number of aromatic nitrogens is 2. The highest BCUT2D eigenvalue weighted by atomic mass is 35.5. The first kappa shape index (κ1) is 14.6. The van der Waals surface area contributed by atoms with Gasteiger partial charge >= 0.3 is 0 Å². The molecule has 3 rings (SSSR count). The molecule has 0 aliphatic rings. The van der Waals surface area contributed by atoms with E-state index in [4.69, 9.17) is 34.8 Å². The molecule has 0 fully saturated rings. The summed E-state index contributed by atoms with van der Waals surface area (Å²) >= 11 is 18.5. The van der Waals surface area contributed by atoms with Crippen LogP contribution in [0.3, 0.4) is 0 Å². The predicted octanol–water partition coefficient (Wildman–Crippen LogP) is 5.87. The van der Waals surface area contributed by atoms with Crippen molar-refractivity contribution in [1.29, 1.82) is 0 Å². The molecule has 0 amide bonds. The van der Waals surface area contributed by atoms with Gasteiger partial charge in [-0.05, 0) is 49.2 Å². The second kappa shape index (κ2) is 5.45. The lowest BCUT2D eigenvalue weighted by molar-refractivity contribution is 1.22. The van der Waals surface area contributed by atoms with Crippen LogP contribution >= 0.6 is 34.8 Å². The van der Waals surface area contributed by atoms with E-state index in [1.165, 1.54) is 0 Å². The standard InChI is InChI=1S/C16H11Cl3N2/c1-8-5-9(2)14-13(6-8)20-16(21-15(14)19)11-4-3-10(17)7-12(11)18/h3-7H,1-2H3. The number of rotatable bonds is 1. The first-order chi connectivity index (χ1) is 9.95. The predicted molar refractivity (Wildman–Crippen MR) is 89.5 cm³/mol. The molecule has 0 spiro atoms. The molecule has 0 aliphatic heterocycles. The fraction of sp³-hybridized carbons (Fsp3) is 0.125. The average Bonchev–Trinajstić information content (AvgIpc) is 2.36. The van der Waals surface area contributed by atoms with Gasteiger partial charge in [-0.3, -0.25) is 0 Å². The maximum atomic E-state index is 6.33. The first-order valence-corrected chi connectivity index (χ1v) is 7.49. The van der Waals surface area contributed by atoms with Gasteiger partial charge < -0.3 is 0 Å². The summed E-state index contributed by atoms with van der Waals surface area (Å²) < 4.78 is 0. The Kier molecular flexibility index (Phi) is 3.78. The van der Waals surface area contributed by atoms with E-state index in [9.17, 15) is 0 Å². The van der Waals surface area contributed by atoms with Gasteiger partial charge in [0, 0.05) is 16.0 Å². The largest absolute Gasteiger partial charge is 0.228 e. The highest BCUT2D eigenvalue weighted by molar-refractivity contribution is 6.36. The monoisotopic (exact) mass is 336 g/mol. The quantitative estimate of drug-likeness (QED) is 0.519. The second-order valence-corrected chi connectivity index (χ2v) is 6.14. The number of nitrogens with zero attached hydrogens (tertiary/aromatic N) is 2. The summed E-state index contributed by atoms with van der Waals surface area (Å²) in [5, 5.41) is 2.37. The number of fused-ring (bicyclic) bond motifs is 1. The summed E-state index contributed by atoms with van der Waals surface area (Å²) in [6.07, 6.45) is 0. The van der Waals surface area contributed by atoms with Gasteiger partial charge in [-0.1, -0.05) is 40.9 Å². The van der Waals surface area contributed by atoms with E-state index < -0.39 is 0 Å². The van der Waals surface area contributed by atoms with Gasteiger partial charge in [-0.2, -0.15) is 0 Å². The molecule has 0 N–H and O–H groups in total. The molecule has 0 aliphatic carbocycles. The molecule has 0 radical (unpaired) electrons. The van der Waals surface area contributed by atoms with Crippen molar-refractivity contribution in [3.63, 3.8) is 0 Å². The minimum absolute atomic E-state index is 0.429. The molecular weight excluding hydrogens is 327 g/mol. The maximum absolute atomic E-state index is 6.33. The van der Waals surface area contributed by atoms with Crippen molar-refractivity contribution >= 4 is 45.7 Å². The molecular formula is C16H11Cl3N2. The highest BCUT2D eigenvalue weighted by Crippen LogP contribution is 2.32. The Balaban J connectivity index is 2.30. The van der Waals surface area contributed by atoms with Crippen LogP contribution in [0.4, 0.5) is 0 Å². The summed E-state index contributed by atoms with van der Waals surface area (Å²) in [4.78, 5) is 8.97. The van der Waals surface area contributed by atoms with Crippen LogP contribution in [-0.4, -0.2) is 9.97 Å². The topological polar surface area (TPSA) is 25.8 Å². The molecule has 106 valence electrons. The van der Waals surface area contributed by atoms with E-state index in [-0.39, 0.29) is 0 Å². The number of benzene rings is 2. The molecule has 0 saturated carbocycles. The Bertz CT molecular complexity index is 860. The minimum Gasteiger partial charge on any atom is -0.228 e. The zero-order valence-corrected chi connectivity index (χ0v) is 13.7. The van der Waals surface area contributed by atoms with E-state index in [0.29, 0.717) is 26.6 Å². The van der Waals surface area contributed by atoms with Gasteiger partial charge in [-0.25, -0.2) is 9.97 Å². The Morgan fingerprint density at radius 1 is 0.905 bits per heavy atom. The summed E-state index contributed by atoms with van der Waals surface area (Å²) in [6, 6.07) is 9.27. The molecule has 2 nitrogen and oxygen atoms in total. The first-order valence-electron chi connectivity index (χ1n) is 6.35. The SMILES string of the molecule is Cc1cc(C)c2c(Cl)nc(-c3ccc(Cl)cc3Cl)nc2c1. The second-order valence-electron chi connectivity index (χ2n) is 4.94. The molecule has 1 heterocycles. The van der Waals surface area contributed by atoms with Crippen molar-refractivity contribution in [1.82, 2.24) is 9.97 Å². The van der Waals surface area contributed by atoms with Crippen LogP contribution in [0.1, 0.15) is 11.1 Å². The average molecular weight is 338 g/mol. The molecule has 2 aromatic carbocycles. The lowest BCUT2D eigenvalue weighted by Crippen LogP contribution is -1.95. The summed E-state index contributed by atoms with van der Waals surface area (Å²) in [5.41, 5.74) is 3.71. The van der Waals surface area contributed by atoms with Crippen LogP contribution < -0.4 is 0 Å². The molecule has 1 aromatic heterocycles. The van der Waals surface area contributed by atoms with Gasteiger partial charge in [0.05, 0.1) is 10.5 Å². The molecule has 5 heteroatoms. The third-order valence-corrected chi connectivity index (χ3v) is 4.09. The smallest absolute Gasteiger partial charge is 0.162 e. The third-order valence-electron chi connectivity index (χ3n) is 3.27. The Morgan fingerprint density at radius 3 is 2.38 bits per heavy atom. The van der Waals surface area contributed by atoms with Crippen LogP contribution in [0.5, 0.6) is 0 Å². The number of aryl methyl sites for hydroxylation is 2. The normalized spacial score (nSPS) is 11.1. The van der Waals surface area contributed by atoms with Crippen molar-refractivity contribution < 1.29 is 0 Å². The lowest BCUT2D eigenvalue weighted by atomic mass is 10.1. The van der Waals surface area contributed by atoms with Gasteiger partial charge in [0.15, 0.2) is 5.82 Å². The van der Waals surface area contributed by atoms with E-state index >= 15 is 0 Å². The number of halogens is 3. The molecule has 0 unspecified atom stereocenters. The molecule has 21 heavy (non-hydrogen) atoms. The van der Waals surface area contributed by atoms with Crippen LogP contribution in [0.25, 0.3) is 22.3 Å². The number of hydrogen-bond acceptors (Lipinski definition) is 2. The lowest BCUT2D eigenvalue weighted by Gasteiger charge is -2.09. The molecule has 0 atom stereocenters. The van der Waals surface area contributed by atoms with E-state index in [2.05, 4.69) is 16.0 Å². The van der Waals surface area contributed by atoms with Crippen molar-refractivity contribution in [3.8, 4) is 11.4 Å². The highest BCUT2D eigenvalue weighted by Gasteiger charge is 2.13. The van der Waals surface area contributed by atoms with Crippen LogP contribution in [0.2, 0.25) is 15.2 Å². The Labute approximate surface area is 137 Å². The van der Waals surface area contributed by atoms with Gasteiger partial charge in [-0.15, -0.1) is 0 Å². The Hall–Kier alpha value is -1.35. The number of hydrogen-bond donors (Lipinski definition) is 0. The fourth-order valence-electron chi connectivity index (χ4n) is 2.38. The van der Waals surface area contributed by atoms with E-state index in [0.717, 1.165) is 22.0 Å². The van der Waals surface area contributed by atoms with Crippen LogP contribution in [0.15, 0.2) is 30.3 Å². The molecule has 0 bridgehead atoms. The molecule has 0 saturated heterocycles. The minimum atomic E-state index is 0.429. The molecule has 3 aromatic rings. The van der Waals surface area contributed by atoms with Crippen molar-refractivity contribution in [2.24, 2.45) is 0 Å². The zero-order chi connectivity index (χ0) is 15.1. The third kappa shape index (κ3) is 2.71. The van der Waals surface area contributed by atoms with Crippen molar-refractivity contribution in [2.45, 2.75) is 13.8 Å². The van der Waals surface area contributed by atoms with Gasteiger partial charge in [0.1, 0.15) is 5.15 Å². The Morgan fingerprint density at radius 2 is 1.67 bits per heavy atom. The van der Waals surface area contributed by atoms with Gasteiger partial charge in [0.2, 0.25) is 0 Å². The zero-order valence-electron chi connectivity index (χ0n) is 11.4. The maximum Gasteiger partial charge on any atom is 0.162 e. The fourth-order valence-corrected chi connectivity index (χ4v) is 3.20. The summed E-state index contributed by atoms with van der Waals surface area (Å²) in [5.74, 6) is 0.499. The van der Waals surface area contributed by atoms with Crippen molar-refractivity contribution in [2.75, 3.05) is 0 Å².